The zero-order chi connectivity index (χ0) is 10.8. The largest absolute Gasteiger partial charge is 0.369 e. The zero-order valence-corrected chi connectivity index (χ0v) is 14.7. The molecule has 2 atom stereocenters. The van der Waals surface area contributed by atoms with E-state index in [9.17, 15) is 0 Å². The smallest absolute Gasteiger partial charge is 0.0935 e. The fourth-order valence-corrected chi connectivity index (χ4v) is 9.06. The molecule has 2 rings (SSSR count). The second-order valence-corrected chi connectivity index (χ2v) is 11.6. The summed E-state index contributed by atoms with van der Waals surface area (Å²) in [6.45, 7) is 1.93. The summed E-state index contributed by atoms with van der Waals surface area (Å²) in [5.41, 5.74) is 0. The average molecular weight is 263 g/mol. The summed E-state index contributed by atoms with van der Waals surface area (Å²) in [4.78, 5) is 0. The predicted octanol–water partition coefficient (Wildman–Crippen LogP) is 0.159. The lowest BCUT2D eigenvalue weighted by Gasteiger charge is -2.43. The predicted molar refractivity (Wildman–Crippen MR) is 72.5 cm³/mol. The van der Waals surface area contributed by atoms with Crippen molar-refractivity contribution in [1.82, 2.24) is 0 Å². The molecule has 0 aromatic rings. The number of hydrogen-bond donors (Lipinski definition) is 0. The van der Waals surface area contributed by atoms with Crippen LogP contribution in [0.3, 0.4) is 0 Å². The van der Waals surface area contributed by atoms with Gasteiger partial charge in [0.1, 0.15) is 0 Å². The Hall–Kier alpha value is 0.704. The van der Waals surface area contributed by atoms with E-state index in [2.05, 4.69) is 0 Å². The van der Waals surface area contributed by atoms with Gasteiger partial charge in [0.15, 0.2) is 0 Å². The van der Waals surface area contributed by atoms with Crippen molar-refractivity contribution in [2.45, 2.75) is 47.6 Å². The Balaban J connectivity index is 1.93. The maximum atomic E-state index is 6.00. The highest BCUT2D eigenvalue weighted by atomic mass is 32.2. The Morgan fingerprint density at radius 1 is 0.800 bits per heavy atom. The summed E-state index contributed by atoms with van der Waals surface area (Å²) in [6, 6.07) is 0. The van der Waals surface area contributed by atoms with Gasteiger partial charge in [-0.15, -0.1) is 11.8 Å². The van der Waals surface area contributed by atoms with Gasteiger partial charge in [-0.1, -0.05) is 0 Å². The molecule has 0 aromatic carbocycles. The Bertz CT molecular complexity index is 191. The van der Waals surface area contributed by atoms with Gasteiger partial charge in [0.05, 0.1) is 29.6 Å². The zero-order valence-electron chi connectivity index (χ0n) is 9.88. The van der Waals surface area contributed by atoms with Gasteiger partial charge in [-0.3, -0.25) is 0 Å². The van der Waals surface area contributed by atoms with E-state index in [1.165, 1.54) is 38.5 Å². The Morgan fingerprint density at radius 3 is 1.60 bits per heavy atom. The fourth-order valence-electron chi connectivity index (χ4n) is 2.43. The fraction of sp³-hybridized carbons (Fsp3) is 1.00. The van der Waals surface area contributed by atoms with E-state index < -0.39 is 0 Å². The molecule has 15 heavy (non-hydrogen) atoms. The minimum atomic E-state index is 0.164. The highest BCUT2D eigenvalue weighted by Crippen LogP contribution is 2.44. The van der Waals surface area contributed by atoms with E-state index in [0.717, 1.165) is 33.7 Å². The molecule has 0 N–H and O–H groups in total. The van der Waals surface area contributed by atoms with E-state index in [0.29, 0.717) is 0 Å². The molecule has 2 nitrogen and oxygen atoms in total. The quantitative estimate of drug-likeness (QED) is 0.661. The molecule has 2 saturated heterocycles. The van der Waals surface area contributed by atoms with E-state index in [1.54, 1.807) is 0 Å². The van der Waals surface area contributed by atoms with Gasteiger partial charge in [-0.25, -0.2) is 0 Å². The van der Waals surface area contributed by atoms with Crippen LogP contribution in [0.4, 0.5) is 0 Å². The van der Waals surface area contributed by atoms with Crippen LogP contribution in [-0.2, 0) is 9.47 Å². The van der Waals surface area contributed by atoms with Crippen molar-refractivity contribution in [2.24, 2.45) is 0 Å². The third-order valence-electron chi connectivity index (χ3n) is 3.30. The van der Waals surface area contributed by atoms with Crippen LogP contribution in [0.1, 0.15) is 38.5 Å². The van der Waals surface area contributed by atoms with Crippen LogP contribution >= 0.6 is 11.8 Å². The van der Waals surface area contributed by atoms with Crippen LogP contribution in [0, 0.1) is 0 Å². The van der Waals surface area contributed by atoms with Crippen molar-refractivity contribution in [3.63, 3.8) is 0 Å². The molecule has 0 saturated carbocycles. The summed E-state index contributed by atoms with van der Waals surface area (Å²) in [5.74, 6) is 0. The second-order valence-electron chi connectivity index (χ2n) is 4.98. The molecule has 2 fully saturated rings. The van der Waals surface area contributed by atoms with Crippen molar-refractivity contribution in [2.75, 3.05) is 13.2 Å². The molecule has 0 aromatic heterocycles. The van der Waals surface area contributed by atoms with Crippen LogP contribution in [0.5, 0.6) is 0 Å². The number of rotatable bonds is 2. The number of hydrogen-bond acceptors (Lipinski definition) is 3. The minimum Gasteiger partial charge on any atom is -0.369 e. The first-order valence-corrected chi connectivity index (χ1v) is 8.92. The molecule has 2 heterocycles. The monoisotopic (exact) mass is 262 g/mol. The molecule has 0 spiro atoms. The first-order valence-electron chi connectivity index (χ1n) is 6.10. The molecule has 0 aliphatic carbocycles. The normalized spacial score (nSPS) is 43.2. The highest BCUT2D eigenvalue weighted by Gasteiger charge is 2.39. The molecular formula is C10H22O2SSi2. The molecule has 88 valence electrons. The molecule has 5 heteroatoms. The first kappa shape index (κ1) is 12.2. The second kappa shape index (κ2) is 4.91. The average Bonchev–Trinajstić information content (AvgIpc) is 2.18. The maximum Gasteiger partial charge on any atom is 0.0935 e. The summed E-state index contributed by atoms with van der Waals surface area (Å²) in [7, 11) is 2.26. The summed E-state index contributed by atoms with van der Waals surface area (Å²) < 4.78 is 12.3. The van der Waals surface area contributed by atoms with Crippen LogP contribution in [0.15, 0.2) is 0 Å². The molecule has 2 unspecified atom stereocenters. The third kappa shape index (κ3) is 3.33. The lowest BCUT2D eigenvalue weighted by molar-refractivity contribution is 0.0221. The highest BCUT2D eigenvalue weighted by molar-refractivity contribution is 8.03. The van der Waals surface area contributed by atoms with Crippen molar-refractivity contribution in [3.05, 3.63) is 0 Å². The van der Waals surface area contributed by atoms with Gasteiger partial charge in [-0.2, -0.15) is 0 Å². The Labute approximate surface area is 103 Å². The lowest BCUT2D eigenvalue weighted by atomic mass is 10.2. The molecular weight excluding hydrogens is 240 g/mol. The topological polar surface area (TPSA) is 18.5 Å². The van der Waals surface area contributed by atoms with Gasteiger partial charge in [0, 0.05) is 13.2 Å². The first-order chi connectivity index (χ1) is 7.12. The van der Waals surface area contributed by atoms with E-state index >= 15 is 0 Å². The van der Waals surface area contributed by atoms with Crippen molar-refractivity contribution in [3.8, 4) is 0 Å². The van der Waals surface area contributed by atoms with Crippen LogP contribution < -0.4 is 0 Å². The van der Waals surface area contributed by atoms with E-state index in [-0.39, 0.29) is 9.11 Å². The number of thioether (sulfide) groups is 1. The number of ether oxygens (including phenoxy) is 2. The Kier molecular flexibility index (Phi) is 3.99. The van der Waals surface area contributed by atoms with Gasteiger partial charge < -0.3 is 9.47 Å². The Morgan fingerprint density at radius 2 is 1.27 bits per heavy atom. The van der Waals surface area contributed by atoms with Crippen LogP contribution in [-0.4, -0.2) is 42.8 Å². The van der Waals surface area contributed by atoms with E-state index in [1.807, 2.05) is 11.8 Å². The van der Waals surface area contributed by atoms with Crippen molar-refractivity contribution < 1.29 is 9.47 Å². The standard InChI is InChI=1S/C10H22O2SSi2/c14-9(5-1-3-7-11-9)13-10(15)6-2-4-8-12-10/h1-8H2,14-15H3. The molecule has 0 radical (unpaired) electrons. The van der Waals surface area contributed by atoms with Crippen LogP contribution in [0.2, 0.25) is 0 Å². The minimum absolute atomic E-state index is 0.164. The van der Waals surface area contributed by atoms with Gasteiger partial charge in [0.25, 0.3) is 0 Å². The van der Waals surface area contributed by atoms with Gasteiger partial charge >= 0.3 is 0 Å². The van der Waals surface area contributed by atoms with Crippen molar-refractivity contribution >= 4 is 32.2 Å². The van der Waals surface area contributed by atoms with Gasteiger partial charge in [-0.05, 0) is 38.5 Å². The molecule has 0 bridgehead atoms. The SMILES string of the molecule is [SiH3]C1(SC2([SiH3])CCCCO2)CCCCO1. The molecule has 2 aliphatic rings. The lowest BCUT2D eigenvalue weighted by Crippen LogP contribution is -2.43. The third-order valence-corrected chi connectivity index (χ3v) is 7.61. The van der Waals surface area contributed by atoms with Gasteiger partial charge in [0.2, 0.25) is 0 Å². The summed E-state index contributed by atoms with van der Waals surface area (Å²) in [5, 5.41) is 0. The molecule has 2 aliphatic heterocycles. The van der Waals surface area contributed by atoms with Crippen LogP contribution in [0.25, 0.3) is 0 Å². The van der Waals surface area contributed by atoms with Crippen molar-refractivity contribution in [1.29, 1.82) is 0 Å². The molecule has 0 amide bonds. The van der Waals surface area contributed by atoms with E-state index in [4.69, 9.17) is 9.47 Å². The maximum absolute atomic E-state index is 6.00. The summed E-state index contributed by atoms with van der Waals surface area (Å²) in [6.07, 6.45) is 7.68. The summed E-state index contributed by atoms with van der Waals surface area (Å²) >= 11 is 2.03.